The first-order valence-electron chi connectivity index (χ1n) is 6.83. The van der Waals surface area contributed by atoms with E-state index in [4.69, 9.17) is 9.84 Å². The third-order valence-electron chi connectivity index (χ3n) is 3.51. The van der Waals surface area contributed by atoms with Gasteiger partial charge in [-0.05, 0) is 37.5 Å². The van der Waals surface area contributed by atoms with Crippen molar-refractivity contribution in [3.8, 4) is 0 Å². The van der Waals surface area contributed by atoms with Crippen molar-refractivity contribution in [2.45, 2.75) is 33.2 Å². The molecule has 1 aromatic heterocycles. The van der Waals surface area contributed by atoms with Crippen molar-refractivity contribution >= 4 is 16.9 Å². The van der Waals surface area contributed by atoms with Gasteiger partial charge in [0.15, 0.2) is 0 Å². The summed E-state index contributed by atoms with van der Waals surface area (Å²) >= 11 is 0. The molecule has 0 fully saturated rings. The number of benzene rings is 1. The first-order valence-corrected chi connectivity index (χ1v) is 6.83. The second kappa shape index (κ2) is 6.09. The quantitative estimate of drug-likeness (QED) is 0.852. The predicted molar refractivity (Wildman–Crippen MR) is 78.8 cm³/mol. The van der Waals surface area contributed by atoms with Gasteiger partial charge >= 0.3 is 5.97 Å². The summed E-state index contributed by atoms with van der Waals surface area (Å²) in [5.41, 5.74) is 4.50. The lowest BCUT2D eigenvalue weighted by Crippen LogP contribution is -2.04. The summed E-state index contributed by atoms with van der Waals surface area (Å²) < 4.78 is 6.89. The van der Waals surface area contributed by atoms with Gasteiger partial charge in [0.25, 0.3) is 0 Å². The number of nitrogens with zero attached hydrogens (tertiary/aromatic N) is 1. The van der Waals surface area contributed by atoms with Crippen molar-refractivity contribution < 1.29 is 14.6 Å². The molecule has 4 heteroatoms. The Morgan fingerprint density at radius 2 is 2.10 bits per heavy atom. The Morgan fingerprint density at radius 1 is 1.35 bits per heavy atom. The lowest BCUT2D eigenvalue weighted by molar-refractivity contribution is -0.139. The van der Waals surface area contributed by atoms with E-state index in [0.29, 0.717) is 6.42 Å². The molecule has 2 aromatic rings. The molecular weight excluding hydrogens is 254 g/mol. The van der Waals surface area contributed by atoms with E-state index in [1.807, 2.05) is 6.20 Å². The average molecular weight is 275 g/mol. The molecule has 0 spiro atoms. The molecule has 0 saturated carbocycles. The van der Waals surface area contributed by atoms with Gasteiger partial charge in [-0.1, -0.05) is 11.6 Å². The molecular formula is C16H21NO3. The number of rotatable bonds is 5. The number of aliphatic hydroxyl groups excluding tert-OH is 1. The maximum absolute atomic E-state index is 11.5. The lowest BCUT2D eigenvalue weighted by Gasteiger charge is -2.07. The van der Waals surface area contributed by atoms with Crippen LogP contribution in [-0.2, 0) is 22.5 Å². The van der Waals surface area contributed by atoms with Crippen molar-refractivity contribution in [2.24, 2.45) is 0 Å². The maximum Gasteiger partial charge on any atom is 0.310 e. The number of aromatic nitrogens is 1. The van der Waals surface area contributed by atoms with Crippen molar-refractivity contribution in [3.63, 3.8) is 0 Å². The number of hydrogen-bond acceptors (Lipinski definition) is 3. The molecule has 108 valence electrons. The highest BCUT2D eigenvalue weighted by atomic mass is 16.5. The third kappa shape index (κ3) is 2.85. The van der Waals surface area contributed by atoms with Gasteiger partial charge in [0.2, 0.25) is 0 Å². The van der Waals surface area contributed by atoms with Crippen molar-refractivity contribution in [2.75, 3.05) is 13.7 Å². The molecule has 0 aliphatic heterocycles. The van der Waals surface area contributed by atoms with E-state index in [2.05, 4.69) is 30.5 Å². The van der Waals surface area contributed by atoms with E-state index in [1.54, 1.807) is 0 Å². The van der Waals surface area contributed by atoms with E-state index in [0.717, 1.165) is 23.0 Å². The molecule has 0 unspecified atom stereocenters. The molecule has 0 radical (unpaired) electrons. The fraction of sp³-hybridized carbons (Fsp3) is 0.438. The normalized spacial score (nSPS) is 11.0. The predicted octanol–water partition coefficient (Wildman–Crippen LogP) is 2.36. The molecule has 0 saturated heterocycles. The van der Waals surface area contributed by atoms with E-state index in [1.165, 1.54) is 18.2 Å². The monoisotopic (exact) mass is 275 g/mol. The number of carbonyl (C=O) groups excluding carboxylic acids is 1. The van der Waals surface area contributed by atoms with Crippen LogP contribution in [-0.4, -0.2) is 29.4 Å². The minimum atomic E-state index is -0.231. The van der Waals surface area contributed by atoms with E-state index in [-0.39, 0.29) is 19.0 Å². The summed E-state index contributed by atoms with van der Waals surface area (Å²) in [7, 11) is 1.41. The van der Waals surface area contributed by atoms with Crippen LogP contribution < -0.4 is 0 Å². The minimum absolute atomic E-state index is 0.164. The largest absolute Gasteiger partial charge is 0.469 e. The van der Waals surface area contributed by atoms with Crippen molar-refractivity contribution in [1.82, 2.24) is 4.57 Å². The molecule has 0 aliphatic carbocycles. The Labute approximate surface area is 119 Å². The lowest BCUT2D eigenvalue weighted by atomic mass is 10.0. The van der Waals surface area contributed by atoms with Crippen molar-refractivity contribution in [1.29, 1.82) is 0 Å². The highest BCUT2D eigenvalue weighted by Crippen LogP contribution is 2.27. The fourth-order valence-electron chi connectivity index (χ4n) is 2.69. The summed E-state index contributed by atoms with van der Waals surface area (Å²) in [5.74, 6) is -0.231. The van der Waals surface area contributed by atoms with Crippen LogP contribution in [0.2, 0.25) is 0 Å². The number of esters is 1. The minimum Gasteiger partial charge on any atom is -0.469 e. The molecule has 20 heavy (non-hydrogen) atoms. The van der Waals surface area contributed by atoms with Gasteiger partial charge in [-0.25, -0.2) is 0 Å². The van der Waals surface area contributed by atoms with E-state index < -0.39 is 0 Å². The first kappa shape index (κ1) is 14.6. The zero-order valence-electron chi connectivity index (χ0n) is 12.3. The van der Waals surface area contributed by atoms with Crippen LogP contribution in [0.1, 0.15) is 23.1 Å². The average Bonchev–Trinajstić information content (AvgIpc) is 2.74. The van der Waals surface area contributed by atoms with Gasteiger partial charge in [-0.2, -0.15) is 0 Å². The molecule has 4 nitrogen and oxygen atoms in total. The van der Waals surface area contributed by atoms with Crippen LogP contribution in [0.4, 0.5) is 0 Å². The van der Waals surface area contributed by atoms with Gasteiger partial charge in [0.05, 0.1) is 19.0 Å². The Balaban J connectivity index is 2.54. The van der Waals surface area contributed by atoms with Crippen LogP contribution in [0.15, 0.2) is 18.3 Å². The number of aryl methyl sites for hydroxylation is 3. The topological polar surface area (TPSA) is 51.5 Å². The van der Waals surface area contributed by atoms with Crippen molar-refractivity contribution in [3.05, 3.63) is 35.0 Å². The maximum atomic E-state index is 11.5. The van der Waals surface area contributed by atoms with Crippen LogP contribution in [0, 0.1) is 13.8 Å². The van der Waals surface area contributed by atoms with Gasteiger partial charge in [0.1, 0.15) is 0 Å². The van der Waals surface area contributed by atoms with E-state index in [9.17, 15) is 4.79 Å². The Morgan fingerprint density at radius 3 is 2.75 bits per heavy atom. The Hall–Kier alpha value is -1.81. The van der Waals surface area contributed by atoms with Crippen LogP contribution in [0.5, 0.6) is 0 Å². The van der Waals surface area contributed by atoms with Crippen LogP contribution >= 0.6 is 0 Å². The molecule has 2 rings (SSSR count). The number of carbonyl (C=O) groups is 1. The third-order valence-corrected chi connectivity index (χ3v) is 3.51. The standard InChI is InChI=1S/C16H21NO3/c1-11-7-12(2)16-14(8-11)13(9-15(19)20-3)10-17(16)5-4-6-18/h7-8,10,18H,4-6,9H2,1-3H3. The fourth-order valence-corrected chi connectivity index (χ4v) is 2.69. The van der Waals surface area contributed by atoms with Gasteiger partial charge in [0, 0.05) is 24.7 Å². The SMILES string of the molecule is COC(=O)Cc1cn(CCCO)c2c(C)cc(C)cc12. The van der Waals surface area contributed by atoms with E-state index >= 15 is 0 Å². The summed E-state index contributed by atoms with van der Waals surface area (Å²) in [6, 6.07) is 4.25. The molecule has 1 aromatic carbocycles. The van der Waals surface area contributed by atoms with Crippen LogP contribution in [0.25, 0.3) is 10.9 Å². The highest BCUT2D eigenvalue weighted by Gasteiger charge is 2.14. The molecule has 0 aliphatic rings. The Bertz CT molecular complexity index is 628. The number of methoxy groups -OCH3 is 1. The molecule has 0 amide bonds. The number of ether oxygens (including phenoxy) is 1. The number of fused-ring (bicyclic) bond motifs is 1. The van der Waals surface area contributed by atoms with Gasteiger partial charge in [-0.3, -0.25) is 4.79 Å². The van der Waals surface area contributed by atoms with Crippen LogP contribution in [0.3, 0.4) is 0 Å². The van der Waals surface area contributed by atoms with Gasteiger partial charge < -0.3 is 14.4 Å². The van der Waals surface area contributed by atoms with Gasteiger partial charge in [-0.15, -0.1) is 0 Å². The first-order chi connectivity index (χ1) is 9.56. The number of hydrogen-bond donors (Lipinski definition) is 1. The zero-order chi connectivity index (χ0) is 14.7. The molecule has 0 atom stereocenters. The summed E-state index contributed by atoms with van der Waals surface area (Å²) in [6.45, 7) is 5.04. The Kier molecular flexibility index (Phi) is 4.45. The summed E-state index contributed by atoms with van der Waals surface area (Å²) in [5, 5.41) is 10.1. The smallest absolute Gasteiger partial charge is 0.310 e. The summed E-state index contributed by atoms with van der Waals surface area (Å²) in [4.78, 5) is 11.5. The molecule has 0 bridgehead atoms. The second-order valence-electron chi connectivity index (χ2n) is 5.16. The number of aliphatic hydroxyl groups is 1. The molecule has 1 N–H and O–H groups in total. The summed E-state index contributed by atoms with van der Waals surface area (Å²) in [6.07, 6.45) is 2.99. The highest BCUT2D eigenvalue weighted by molar-refractivity contribution is 5.90. The second-order valence-corrected chi connectivity index (χ2v) is 5.16. The molecule has 1 heterocycles. The zero-order valence-corrected chi connectivity index (χ0v) is 12.3.